The van der Waals surface area contributed by atoms with Gasteiger partial charge in [-0.15, -0.1) is 0 Å². The van der Waals surface area contributed by atoms with E-state index in [1.54, 1.807) is 42.5 Å². The van der Waals surface area contributed by atoms with Gasteiger partial charge in [0, 0.05) is 32.3 Å². The highest BCUT2D eigenvalue weighted by Crippen LogP contribution is 2.42. The van der Waals surface area contributed by atoms with Gasteiger partial charge in [-0.1, -0.05) is 77.8 Å². The maximum Gasteiger partial charge on any atom is 0.328 e. The number of rotatable bonds is 13. The summed E-state index contributed by atoms with van der Waals surface area (Å²) >= 11 is 12.2. The third kappa shape index (κ3) is 10.3. The number of hydrogen-bond acceptors (Lipinski definition) is 12. The molecule has 1 aromatic heterocycles. The number of methoxy groups -OCH3 is 1. The first-order valence-electron chi connectivity index (χ1n) is 21.9. The maximum absolute atomic E-state index is 14.7. The fourth-order valence-corrected chi connectivity index (χ4v) is 10.2. The molecular formula is C51H45Cl2N5O9S. The number of nitrogens with one attached hydrogen (secondary N) is 1. The molecular weight excluding hydrogens is 930 g/mol. The number of aromatic nitrogens is 1. The average Bonchev–Trinajstić information content (AvgIpc) is 3.38. The lowest BCUT2D eigenvalue weighted by Gasteiger charge is -2.37. The molecule has 0 aliphatic carbocycles. The molecule has 0 saturated carbocycles. The Morgan fingerprint density at radius 2 is 1.57 bits per heavy atom. The summed E-state index contributed by atoms with van der Waals surface area (Å²) in [5.74, 6) is 0.762. The van der Waals surface area contributed by atoms with Gasteiger partial charge < -0.3 is 33.9 Å². The summed E-state index contributed by atoms with van der Waals surface area (Å²) < 4.78 is 60.0. The molecule has 1 saturated heterocycles. The molecule has 1 fully saturated rings. The van der Waals surface area contributed by atoms with Gasteiger partial charge in [0.2, 0.25) is 15.9 Å². The number of benzene rings is 5. The second-order valence-electron chi connectivity index (χ2n) is 16.5. The topological polar surface area (TPSA) is 170 Å². The number of carbonyl (C=O) groups excluding carboxylic acids is 2. The van der Waals surface area contributed by atoms with Gasteiger partial charge >= 0.3 is 5.97 Å². The van der Waals surface area contributed by atoms with Crippen molar-refractivity contribution in [2.45, 2.75) is 49.1 Å². The smallest absolute Gasteiger partial charge is 0.328 e. The van der Waals surface area contributed by atoms with Crippen molar-refractivity contribution < 1.29 is 41.7 Å². The van der Waals surface area contributed by atoms with Gasteiger partial charge in [0.1, 0.15) is 41.8 Å². The summed E-state index contributed by atoms with van der Waals surface area (Å²) in [4.78, 5) is 34.3. The van der Waals surface area contributed by atoms with E-state index in [-0.39, 0.29) is 30.9 Å². The molecule has 0 radical (unpaired) electrons. The maximum atomic E-state index is 14.7. The van der Waals surface area contributed by atoms with Crippen LogP contribution in [0.1, 0.15) is 39.5 Å². The predicted octanol–water partition coefficient (Wildman–Crippen LogP) is 7.87. The number of anilines is 1. The minimum Gasteiger partial charge on any atom is -0.489 e. The molecule has 9 rings (SSSR count). The Morgan fingerprint density at radius 3 is 2.25 bits per heavy atom. The van der Waals surface area contributed by atoms with Crippen LogP contribution in [0.25, 0.3) is 11.1 Å². The van der Waals surface area contributed by atoms with Crippen LogP contribution in [0.3, 0.4) is 0 Å². The molecule has 1 unspecified atom stereocenters. The van der Waals surface area contributed by atoms with Gasteiger partial charge in [-0.2, -0.15) is 9.57 Å². The van der Waals surface area contributed by atoms with E-state index in [9.17, 15) is 23.3 Å². The van der Waals surface area contributed by atoms with Crippen LogP contribution in [0.2, 0.25) is 10.0 Å². The van der Waals surface area contributed by atoms with Crippen molar-refractivity contribution in [3.63, 3.8) is 0 Å². The fraction of sp³-hybridized carbons (Fsp3) is 0.255. The van der Waals surface area contributed by atoms with E-state index >= 15 is 0 Å². The number of nitrogens with zero attached hydrogens (tertiary/aromatic N) is 4. The Hall–Kier alpha value is -6.67. The van der Waals surface area contributed by atoms with Gasteiger partial charge in [-0.3, -0.25) is 4.79 Å². The molecule has 5 aromatic carbocycles. The summed E-state index contributed by atoms with van der Waals surface area (Å²) in [5.41, 5.74) is 6.11. The van der Waals surface area contributed by atoms with E-state index in [0.29, 0.717) is 82.7 Å². The zero-order valence-electron chi connectivity index (χ0n) is 36.8. The summed E-state index contributed by atoms with van der Waals surface area (Å²) in [6.07, 6.45) is 0.867. The highest BCUT2D eigenvalue weighted by atomic mass is 35.5. The van der Waals surface area contributed by atoms with Crippen LogP contribution in [-0.4, -0.2) is 81.7 Å². The van der Waals surface area contributed by atoms with Gasteiger partial charge in [0.05, 0.1) is 42.0 Å². The van der Waals surface area contributed by atoms with Gasteiger partial charge in [0.15, 0.2) is 17.6 Å². The Morgan fingerprint density at radius 1 is 0.868 bits per heavy atom. The molecule has 0 spiro atoms. The second-order valence-corrected chi connectivity index (χ2v) is 19.2. The van der Waals surface area contributed by atoms with Gasteiger partial charge in [0.25, 0.3) is 0 Å². The summed E-state index contributed by atoms with van der Waals surface area (Å²) in [6, 6.07) is 33.9. The van der Waals surface area contributed by atoms with E-state index < -0.39 is 40.1 Å². The molecule has 1 amide bonds. The molecule has 6 aromatic rings. The van der Waals surface area contributed by atoms with Crippen molar-refractivity contribution in [3.05, 3.63) is 165 Å². The fourth-order valence-electron chi connectivity index (χ4n) is 8.39. The first-order chi connectivity index (χ1) is 32.9. The standard InChI is InChI=1S/C51H45Cl2N5O9S/c1-63-51(60)44(23-32-2-7-35(8-3-32)36-9-4-33(27-54)5-10-36)56-50(59)45-24-38-25-46-47(26-39(38)29-58(45)68(61,62)41-15-17-49(55-28-41)57-18-20-64-21-19-57)67-48(31-66-46)37-11-13-40(14-12-37)65-30-34-6-16-42(52)43(53)22-34/h2-17,22,25-26,28,44-45,48H,18-21,23-24,29-31H2,1H3,(H,56,59)/t44-,45-,48?/m0/s1. The quantitative estimate of drug-likeness (QED) is 0.111. The molecule has 68 heavy (non-hydrogen) atoms. The van der Waals surface area contributed by atoms with Crippen molar-refractivity contribution in [2.75, 3.05) is 44.9 Å². The van der Waals surface area contributed by atoms with Crippen LogP contribution in [0.4, 0.5) is 5.82 Å². The summed E-state index contributed by atoms with van der Waals surface area (Å²) in [7, 11) is -3.14. The van der Waals surface area contributed by atoms with Crippen molar-refractivity contribution in [2.24, 2.45) is 0 Å². The molecule has 3 atom stereocenters. The number of carbonyl (C=O) groups is 2. The molecule has 3 aliphatic heterocycles. The minimum atomic E-state index is -4.37. The molecule has 1 N–H and O–H groups in total. The van der Waals surface area contributed by atoms with E-state index in [2.05, 4.69) is 16.4 Å². The zero-order chi connectivity index (χ0) is 47.4. The number of esters is 1. The van der Waals surface area contributed by atoms with Crippen LogP contribution in [0.5, 0.6) is 17.2 Å². The lowest BCUT2D eigenvalue weighted by molar-refractivity contribution is -0.145. The number of sulfonamides is 1. The second kappa shape index (κ2) is 20.3. The predicted molar refractivity (Wildman–Crippen MR) is 254 cm³/mol. The van der Waals surface area contributed by atoms with Crippen LogP contribution < -0.4 is 24.4 Å². The number of fused-ring (bicyclic) bond motifs is 2. The summed E-state index contributed by atoms with van der Waals surface area (Å²) in [6.45, 7) is 2.60. The Labute approximate surface area is 403 Å². The van der Waals surface area contributed by atoms with Crippen LogP contribution in [0, 0.1) is 11.3 Å². The van der Waals surface area contributed by atoms with Crippen LogP contribution >= 0.6 is 23.2 Å². The van der Waals surface area contributed by atoms with Crippen LogP contribution in [-0.2, 0) is 55.1 Å². The number of morpholine rings is 1. The normalized spacial score (nSPS) is 17.3. The molecule has 14 nitrogen and oxygen atoms in total. The van der Waals surface area contributed by atoms with Crippen molar-refractivity contribution >= 4 is 50.9 Å². The third-order valence-electron chi connectivity index (χ3n) is 12.2. The number of halogens is 2. The van der Waals surface area contributed by atoms with Crippen LogP contribution in [0.15, 0.2) is 126 Å². The number of hydrogen-bond donors (Lipinski definition) is 1. The van der Waals surface area contributed by atoms with Gasteiger partial charge in [-0.25, -0.2) is 18.2 Å². The number of ether oxygens (including phenoxy) is 5. The molecule has 4 heterocycles. The van der Waals surface area contributed by atoms with Gasteiger partial charge in [-0.05, 0) is 106 Å². The first kappa shape index (κ1) is 46.4. The zero-order valence-corrected chi connectivity index (χ0v) is 39.1. The average molecular weight is 975 g/mol. The number of amides is 1. The van der Waals surface area contributed by atoms with E-state index in [1.807, 2.05) is 71.6 Å². The highest BCUT2D eigenvalue weighted by molar-refractivity contribution is 7.89. The molecule has 0 bridgehead atoms. The lowest BCUT2D eigenvalue weighted by atomic mass is 9.93. The number of pyridine rings is 1. The van der Waals surface area contributed by atoms with Crippen molar-refractivity contribution in [1.29, 1.82) is 5.26 Å². The Bertz CT molecular complexity index is 2970. The van der Waals surface area contributed by atoms with E-state index in [0.717, 1.165) is 32.1 Å². The number of nitriles is 1. The highest BCUT2D eigenvalue weighted by Gasteiger charge is 2.42. The Balaban J connectivity index is 0.954. The molecule has 348 valence electrons. The van der Waals surface area contributed by atoms with E-state index in [1.165, 1.54) is 19.4 Å². The molecule has 17 heteroatoms. The van der Waals surface area contributed by atoms with E-state index in [4.69, 9.17) is 46.9 Å². The monoisotopic (exact) mass is 973 g/mol. The van der Waals surface area contributed by atoms with Crippen molar-refractivity contribution in [3.8, 4) is 34.4 Å². The Kier molecular flexibility index (Phi) is 13.9. The summed E-state index contributed by atoms with van der Waals surface area (Å²) in [5, 5.41) is 12.9. The third-order valence-corrected chi connectivity index (χ3v) is 14.7. The van der Waals surface area contributed by atoms with Crippen molar-refractivity contribution in [1.82, 2.24) is 14.6 Å². The first-order valence-corrected chi connectivity index (χ1v) is 24.1. The largest absolute Gasteiger partial charge is 0.489 e. The lowest BCUT2D eigenvalue weighted by Crippen LogP contribution is -2.56. The molecule has 3 aliphatic rings. The minimum absolute atomic E-state index is 0.0311. The SMILES string of the molecule is COC(=O)[C@H](Cc1ccc(-c2ccc(C#N)cc2)cc1)NC(=O)[C@@H]1Cc2cc3c(cc2CN1S(=O)(=O)c1ccc(N2CCOCC2)nc1)OC(c1ccc(OCc2ccc(Cl)c(Cl)c2)cc1)CO3.